The first-order valence-electron chi connectivity index (χ1n) is 6.35. The molecule has 0 aliphatic rings. The zero-order valence-electron chi connectivity index (χ0n) is 11.9. The predicted molar refractivity (Wildman–Crippen MR) is 79.4 cm³/mol. The Hall–Kier alpha value is -1.32. The van der Waals surface area contributed by atoms with Crippen molar-refractivity contribution < 1.29 is 0 Å². The van der Waals surface area contributed by atoms with Gasteiger partial charge in [0.05, 0.1) is 5.69 Å². The van der Waals surface area contributed by atoms with E-state index < -0.39 is 5.54 Å². The molecular weight excluding hydrogens is 258 g/mol. The number of nitrogens with zero attached hydrogens (tertiary/aromatic N) is 2. The molecule has 19 heavy (non-hydrogen) atoms. The van der Waals surface area contributed by atoms with Crippen molar-refractivity contribution in [3.63, 3.8) is 0 Å². The molecule has 102 valence electrons. The van der Waals surface area contributed by atoms with Crippen molar-refractivity contribution in [1.82, 2.24) is 9.78 Å². The zero-order chi connectivity index (χ0) is 14.2. The third kappa shape index (κ3) is 2.82. The van der Waals surface area contributed by atoms with E-state index in [2.05, 4.69) is 30.2 Å². The van der Waals surface area contributed by atoms with Gasteiger partial charge in [-0.05, 0) is 32.8 Å². The van der Waals surface area contributed by atoms with Crippen LogP contribution in [0, 0.1) is 13.8 Å². The summed E-state index contributed by atoms with van der Waals surface area (Å²) in [6, 6.07) is 8.29. The lowest BCUT2D eigenvalue weighted by atomic mass is 9.86. The standard InChI is InChI=1S/C15H20ClN3/c1-10-6-5-7-12(8-10)15(3,17)9-13-11(2)18-19(4)14(13)16/h5-8H,9,17H2,1-4H3. The SMILES string of the molecule is Cc1cccc(C(C)(N)Cc2c(C)nn(C)c2Cl)c1. The summed E-state index contributed by atoms with van der Waals surface area (Å²) < 4.78 is 1.69. The quantitative estimate of drug-likeness (QED) is 0.937. The van der Waals surface area contributed by atoms with Gasteiger partial charge in [0.25, 0.3) is 0 Å². The van der Waals surface area contributed by atoms with Crippen LogP contribution in [-0.2, 0) is 19.0 Å². The van der Waals surface area contributed by atoms with Crippen LogP contribution in [-0.4, -0.2) is 9.78 Å². The molecule has 2 rings (SSSR count). The van der Waals surface area contributed by atoms with Crippen LogP contribution < -0.4 is 5.73 Å². The van der Waals surface area contributed by atoms with Crippen molar-refractivity contribution in [2.75, 3.05) is 0 Å². The number of hydrogen-bond donors (Lipinski definition) is 1. The monoisotopic (exact) mass is 277 g/mol. The molecule has 1 atom stereocenters. The van der Waals surface area contributed by atoms with E-state index in [0.29, 0.717) is 11.6 Å². The molecule has 1 heterocycles. The highest BCUT2D eigenvalue weighted by Crippen LogP contribution is 2.28. The molecule has 1 aromatic heterocycles. The second-order valence-corrected chi connectivity index (χ2v) is 5.80. The maximum absolute atomic E-state index is 6.49. The van der Waals surface area contributed by atoms with E-state index in [4.69, 9.17) is 17.3 Å². The van der Waals surface area contributed by atoms with Crippen LogP contribution >= 0.6 is 11.6 Å². The highest BCUT2D eigenvalue weighted by molar-refractivity contribution is 6.30. The molecule has 0 amide bonds. The molecule has 2 N–H and O–H groups in total. The van der Waals surface area contributed by atoms with Crippen molar-refractivity contribution in [2.45, 2.75) is 32.7 Å². The van der Waals surface area contributed by atoms with E-state index in [1.807, 2.05) is 27.0 Å². The van der Waals surface area contributed by atoms with Crippen LogP contribution in [0.3, 0.4) is 0 Å². The summed E-state index contributed by atoms with van der Waals surface area (Å²) in [5.74, 6) is 0. The normalized spacial score (nSPS) is 14.4. The number of nitrogens with two attached hydrogens (primary N) is 1. The number of benzene rings is 1. The van der Waals surface area contributed by atoms with E-state index in [1.165, 1.54) is 5.56 Å². The molecule has 0 aliphatic carbocycles. The summed E-state index contributed by atoms with van der Waals surface area (Å²) in [4.78, 5) is 0. The van der Waals surface area contributed by atoms with Crippen LogP contribution in [0.2, 0.25) is 5.15 Å². The van der Waals surface area contributed by atoms with Crippen molar-refractivity contribution in [2.24, 2.45) is 12.8 Å². The summed E-state index contributed by atoms with van der Waals surface area (Å²) in [6.45, 7) is 6.07. The van der Waals surface area contributed by atoms with Crippen LogP contribution in [0.4, 0.5) is 0 Å². The molecule has 0 radical (unpaired) electrons. The Balaban J connectivity index is 2.36. The van der Waals surface area contributed by atoms with E-state index >= 15 is 0 Å². The van der Waals surface area contributed by atoms with Gasteiger partial charge < -0.3 is 5.73 Å². The molecule has 3 nitrogen and oxygen atoms in total. The maximum atomic E-state index is 6.49. The van der Waals surface area contributed by atoms with Gasteiger partial charge >= 0.3 is 0 Å². The average Bonchev–Trinajstić information content (AvgIpc) is 2.56. The van der Waals surface area contributed by atoms with Gasteiger partial charge in [0.2, 0.25) is 0 Å². The molecule has 0 spiro atoms. The number of aryl methyl sites for hydroxylation is 3. The largest absolute Gasteiger partial charge is 0.321 e. The number of aromatic nitrogens is 2. The van der Waals surface area contributed by atoms with Crippen LogP contribution in [0.15, 0.2) is 24.3 Å². The van der Waals surface area contributed by atoms with Gasteiger partial charge in [-0.1, -0.05) is 41.4 Å². The van der Waals surface area contributed by atoms with E-state index in [0.717, 1.165) is 16.8 Å². The second-order valence-electron chi connectivity index (χ2n) is 5.44. The number of halogens is 1. The van der Waals surface area contributed by atoms with E-state index in [9.17, 15) is 0 Å². The molecule has 0 saturated carbocycles. The number of rotatable bonds is 3. The first-order valence-corrected chi connectivity index (χ1v) is 6.73. The van der Waals surface area contributed by atoms with Gasteiger partial charge in [-0.25, -0.2) is 0 Å². The Morgan fingerprint density at radius 3 is 2.58 bits per heavy atom. The Morgan fingerprint density at radius 1 is 1.37 bits per heavy atom. The molecule has 0 aliphatic heterocycles. The third-order valence-corrected chi connectivity index (χ3v) is 3.96. The van der Waals surface area contributed by atoms with Crippen molar-refractivity contribution >= 4 is 11.6 Å². The average molecular weight is 278 g/mol. The Kier molecular flexibility index (Phi) is 3.70. The molecule has 0 fully saturated rings. The first-order chi connectivity index (χ1) is 8.81. The second kappa shape index (κ2) is 4.99. The fourth-order valence-electron chi connectivity index (χ4n) is 2.34. The van der Waals surface area contributed by atoms with Crippen LogP contribution in [0.5, 0.6) is 0 Å². The van der Waals surface area contributed by atoms with Gasteiger partial charge in [-0.2, -0.15) is 5.10 Å². The van der Waals surface area contributed by atoms with Gasteiger partial charge in [-0.15, -0.1) is 0 Å². The fourth-order valence-corrected chi connectivity index (χ4v) is 2.59. The minimum Gasteiger partial charge on any atom is -0.321 e. The molecule has 2 aromatic rings. The highest BCUT2D eigenvalue weighted by Gasteiger charge is 2.25. The summed E-state index contributed by atoms with van der Waals surface area (Å²) in [7, 11) is 1.85. The smallest absolute Gasteiger partial charge is 0.130 e. The summed E-state index contributed by atoms with van der Waals surface area (Å²) in [5, 5.41) is 5.00. The van der Waals surface area contributed by atoms with Crippen molar-refractivity contribution in [3.8, 4) is 0 Å². The van der Waals surface area contributed by atoms with Gasteiger partial charge in [-0.3, -0.25) is 4.68 Å². The topological polar surface area (TPSA) is 43.8 Å². The molecule has 0 bridgehead atoms. The molecular formula is C15H20ClN3. The fraction of sp³-hybridized carbons (Fsp3) is 0.400. The highest BCUT2D eigenvalue weighted by atomic mass is 35.5. The summed E-state index contributed by atoms with van der Waals surface area (Å²) in [6.07, 6.45) is 0.676. The minimum absolute atomic E-state index is 0.455. The van der Waals surface area contributed by atoms with Crippen molar-refractivity contribution in [3.05, 3.63) is 51.8 Å². The number of hydrogen-bond acceptors (Lipinski definition) is 2. The Morgan fingerprint density at radius 2 is 2.05 bits per heavy atom. The van der Waals surface area contributed by atoms with Crippen LogP contribution in [0.25, 0.3) is 0 Å². The summed E-state index contributed by atoms with van der Waals surface area (Å²) in [5.41, 5.74) is 10.3. The molecule has 0 saturated heterocycles. The van der Waals surface area contributed by atoms with Crippen molar-refractivity contribution in [1.29, 1.82) is 0 Å². The van der Waals surface area contributed by atoms with Gasteiger partial charge in [0.15, 0.2) is 0 Å². The zero-order valence-corrected chi connectivity index (χ0v) is 12.6. The lowest BCUT2D eigenvalue weighted by molar-refractivity contribution is 0.490. The van der Waals surface area contributed by atoms with E-state index in [-0.39, 0.29) is 0 Å². The van der Waals surface area contributed by atoms with Gasteiger partial charge in [0.1, 0.15) is 5.15 Å². The minimum atomic E-state index is -0.455. The maximum Gasteiger partial charge on any atom is 0.130 e. The lowest BCUT2D eigenvalue weighted by Gasteiger charge is -2.25. The first kappa shape index (κ1) is 14.1. The van der Waals surface area contributed by atoms with E-state index in [1.54, 1.807) is 4.68 Å². The third-order valence-electron chi connectivity index (χ3n) is 3.49. The molecule has 1 unspecified atom stereocenters. The summed E-state index contributed by atoms with van der Waals surface area (Å²) >= 11 is 6.28. The Bertz CT molecular complexity index is 599. The molecule has 4 heteroatoms. The van der Waals surface area contributed by atoms with Gasteiger partial charge in [0, 0.05) is 18.2 Å². The predicted octanol–water partition coefficient (Wildman–Crippen LogP) is 3.11. The Labute approximate surface area is 119 Å². The van der Waals surface area contributed by atoms with Crippen LogP contribution in [0.1, 0.15) is 29.3 Å². The molecule has 1 aromatic carbocycles. The lowest BCUT2D eigenvalue weighted by Crippen LogP contribution is -2.35.